The number of ether oxygens (including phenoxy) is 1. The second kappa shape index (κ2) is 12.2. The molecule has 0 aliphatic rings. The summed E-state index contributed by atoms with van der Waals surface area (Å²) < 4.78 is 4.38. The summed E-state index contributed by atoms with van der Waals surface area (Å²) in [5.74, 6) is -3.54. The molecular weight excluding hydrogens is 370 g/mol. The molecule has 0 saturated carbocycles. The number of esters is 1. The van der Waals surface area contributed by atoms with Gasteiger partial charge in [-0.25, -0.2) is 0 Å². The van der Waals surface area contributed by atoms with Crippen LogP contribution in [-0.4, -0.2) is 76.7 Å². The van der Waals surface area contributed by atoms with Gasteiger partial charge in [0.05, 0.1) is 7.11 Å². The molecule has 0 heterocycles. The van der Waals surface area contributed by atoms with Crippen molar-refractivity contribution in [3.63, 3.8) is 0 Å². The van der Waals surface area contributed by atoms with Crippen LogP contribution in [0.25, 0.3) is 0 Å². The zero-order valence-corrected chi connectivity index (χ0v) is 15.2. The van der Waals surface area contributed by atoms with Crippen LogP contribution in [0.15, 0.2) is 0 Å². The third kappa shape index (κ3) is 9.96. The minimum Gasteiger partial charge on any atom is -0.480 e. The second-order valence-corrected chi connectivity index (χ2v) is 6.23. The maximum Gasteiger partial charge on any atom is 0.325 e. The number of carboxylic acids is 1. The maximum atomic E-state index is 12.1. The van der Waals surface area contributed by atoms with Gasteiger partial charge in [0.25, 0.3) is 0 Å². The molecule has 0 aromatic heterocycles. The van der Waals surface area contributed by atoms with Gasteiger partial charge in [0.1, 0.15) is 24.7 Å². The summed E-state index contributed by atoms with van der Waals surface area (Å²) >= 11 is 0.633. The van der Waals surface area contributed by atoms with Crippen LogP contribution in [0.4, 0.5) is 0 Å². The van der Waals surface area contributed by atoms with E-state index >= 15 is 0 Å². The molecule has 0 rings (SSSR count). The Morgan fingerprint density at radius 3 is 2.35 bits per heavy atom. The van der Waals surface area contributed by atoms with Crippen LogP contribution in [0.5, 0.6) is 0 Å². The number of aliphatic carboxylic acids is 1. The van der Waals surface area contributed by atoms with Crippen molar-refractivity contribution in [3.8, 4) is 0 Å². The van der Waals surface area contributed by atoms with E-state index in [1.807, 2.05) is 0 Å². The Morgan fingerprint density at radius 1 is 1.23 bits per heavy atom. The highest BCUT2D eigenvalue weighted by Gasteiger charge is 2.24. The Balaban J connectivity index is 4.76. The topological polar surface area (TPSA) is 185 Å². The number of carbonyl (C=O) groups is 5. The van der Waals surface area contributed by atoms with Crippen molar-refractivity contribution >= 4 is 40.6 Å². The van der Waals surface area contributed by atoms with Crippen LogP contribution in [0.1, 0.15) is 19.8 Å². The molecule has 26 heavy (non-hydrogen) atoms. The predicted octanol–water partition coefficient (Wildman–Crippen LogP) is -2.41. The zero-order valence-electron chi connectivity index (χ0n) is 14.4. The number of nitrogens with one attached hydrogen (secondary N) is 2. The molecule has 0 aromatic rings. The van der Waals surface area contributed by atoms with Gasteiger partial charge in [-0.05, 0) is 13.3 Å². The van der Waals surface area contributed by atoms with Gasteiger partial charge in [-0.15, -0.1) is 0 Å². The first kappa shape index (κ1) is 23.8. The molecule has 12 heteroatoms. The number of methoxy groups -OCH3 is 1. The minimum absolute atomic E-state index is 0.141. The van der Waals surface area contributed by atoms with Gasteiger partial charge in [-0.1, -0.05) is 11.8 Å². The fraction of sp³-hybridized carbons (Fsp3) is 0.643. The largest absolute Gasteiger partial charge is 0.480 e. The number of rotatable bonds is 11. The molecule has 2 unspecified atom stereocenters. The lowest BCUT2D eigenvalue weighted by Gasteiger charge is -2.18. The molecule has 148 valence electrons. The maximum absolute atomic E-state index is 12.1. The van der Waals surface area contributed by atoms with Gasteiger partial charge >= 0.3 is 11.9 Å². The number of amides is 2. The van der Waals surface area contributed by atoms with Crippen molar-refractivity contribution in [2.45, 2.75) is 38.0 Å². The molecule has 0 radical (unpaired) electrons. The van der Waals surface area contributed by atoms with Gasteiger partial charge < -0.3 is 31.3 Å². The predicted molar refractivity (Wildman–Crippen MR) is 90.9 cm³/mol. The summed E-state index contributed by atoms with van der Waals surface area (Å²) in [6.45, 7) is 0.828. The van der Waals surface area contributed by atoms with E-state index in [1.165, 1.54) is 6.92 Å². The Labute approximate surface area is 154 Å². The molecule has 2 amide bonds. The SMILES string of the molecule is COC(=O)CNC(=O)[C@H](CSC(=O)C(C)O)NC(=O)CCC(N)C(=O)O. The Morgan fingerprint density at radius 2 is 1.85 bits per heavy atom. The number of hydrogen-bond donors (Lipinski definition) is 5. The van der Waals surface area contributed by atoms with Crippen molar-refractivity contribution < 1.29 is 38.9 Å². The van der Waals surface area contributed by atoms with E-state index in [1.54, 1.807) is 0 Å². The van der Waals surface area contributed by atoms with E-state index in [-0.39, 0.29) is 18.6 Å². The lowest BCUT2D eigenvalue weighted by Crippen LogP contribution is -2.50. The Bertz CT molecular complexity index is 540. The third-order valence-corrected chi connectivity index (χ3v) is 4.14. The lowest BCUT2D eigenvalue weighted by atomic mass is 10.1. The number of nitrogens with two attached hydrogens (primary N) is 1. The summed E-state index contributed by atoms with van der Waals surface area (Å²) in [7, 11) is 1.14. The second-order valence-electron chi connectivity index (χ2n) is 5.20. The average Bonchev–Trinajstić information content (AvgIpc) is 2.59. The number of carbonyl (C=O) groups excluding carboxylic acids is 4. The van der Waals surface area contributed by atoms with E-state index < -0.39 is 53.6 Å². The highest BCUT2D eigenvalue weighted by Crippen LogP contribution is 2.08. The Hall–Kier alpha value is -2.18. The molecule has 3 atom stereocenters. The van der Waals surface area contributed by atoms with Crippen molar-refractivity contribution in [2.75, 3.05) is 19.4 Å². The van der Waals surface area contributed by atoms with Crippen LogP contribution in [0.2, 0.25) is 0 Å². The Kier molecular flexibility index (Phi) is 11.2. The van der Waals surface area contributed by atoms with E-state index in [0.717, 1.165) is 7.11 Å². The molecular formula is C14H23N3O8S. The third-order valence-electron chi connectivity index (χ3n) is 3.02. The van der Waals surface area contributed by atoms with Gasteiger partial charge in [0.2, 0.25) is 16.9 Å². The summed E-state index contributed by atoms with van der Waals surface area (Å²) in [6.07, 6.45) is -1.64. The first-order valence-electron chi connectivity index (χ1n) is 7.55. The first-order valence-corrected chi connectivity index (χ1v) is 8.54. The summed E-state index contributed by atoms with van der Waals surface area (Å²) in [4.78, 5) is 57.1. The van der Waals surface area contributed by atoms with Crippen LogP contribution in [0, 0.1) is 0 Å². The fourth-order valence-corrected chi connectivity index (χ4v) is 2.31. The van der Waals surface area contributed by atoms with Crippen molar-refractivity contribution in [3.05, 3.63) is 0 Å². The molecule has 0 aromatic carbocycles. The number of aliphatic hydroxyl groups excluding tert-OH is 1. The summed E-state index contributed by atoms with van der Waals surface area (Å²) in [5.41, 5.74) is 5.30. The molecule has 0 spiro atoms. The summed E-state index contributed by atoms with van der Waals surface area (Å²) in [6, 6.07) is -2.40. The van der Waals surface area contributed by atoms with Gasteiger partial charge in [0.15, 0.2) is 0 Å². The lowest BCUT2D eigenvalue weighted by molar-refractivity contribution is -0.141. The number of hydrogen-bond acceptors (Lipinski definition) is 9. The number of thioether (sulfide) groups is 1. The molecule has 0 saturated heterocycles. The molecule has 0 aliphatic carbocycles. The minimum atomic E-state index is -1.26. The van der Waals surface area contributed by atoms with E-state index in [2.05, 4.69) is 15.4 Å². The first-order chi connectivity index (χ1) is 12.1. The molecule has 0 fully saturated rings. The van der Waals surface area contributed by atoms with Gasteiger partial charge in [-0.2, -0.15) is 0 Å². The van der Waals surface area contributed by atoms with Crippen LogP contribution < -0.4 is 16.4 Å². The van der Waals surface area contributed by atoms with Gasteiger partial charge in [-0.3, -0.25) is 24.0 Å². The highest BCUT2D eigenvalue weighted by atomic mass is 32.2. The number of aliphatic hydroxyl groups is 1. The standard InChI is InChI=1S/C14H23N3O8S/c1-7(18)14(24)26-6-9(12(21)16-5-11(20)25-2)17-10(19)4-3-8(15)13(22)23/h7-9,18H,3-6,15H2,1-2H3,(H,16,21)(H,17,19)(H,22,23)/t7?,8?,9-/m0/s1. The van der Waals surface area contributed by atoms with Crippen molar-refractivity contribution in [1.29, 1.82) is 0 Å². The average molecular weight is 393 g/mol. The van der Waals surface area contributed by atoms with E-state index in [0.29, 0.717) is 11.8 Å². The van der Waals surface area contributed by atoms with Crippen molar-refractivity contribution in [1.82, 2.24) is 10.6 Å². The smallest absolute Gasteiger partial charge is 0.325 e. The quantitative estimate of drug-likeness (QED) is 0.237. The van der Waals surface area contributed by atoms with E-state index in [4.69, 9.17) is 10.8 Å². The summed E-state index contributed by atoms with van der Waals surface area (Å²) in [5, 5.41) is 21.8. The number of carboxylic acid groups (broad SMARTS) is 1. The fourth-order valence-electron chi connectivity index (χ4n) is 1.50. The molecule has 11 nitrogen and oxygen atoms in total. The van der Waals surface area contributed by atoms with Gasteiger partial charge in [0, 0.05) is 12.2 Å². The van der Waals surface area contributed by atoms with E-state index in [9.17, 15) is 29.1 Å². The van der Waals surface area contributed by atoms with Crippen LogP contribution in [-0.2, 0) is 28.7 Å². The van der Waals surface area contributed by atoms with Crippen molar-refractivity contribution in [2.24, 2.45) is 5.73 Å². The van der Waals surface area contributed by atoms with Crippen LogP contribution >= 0.6 is 11.8 Å². The normalized spacial score (nSPS) is 13.8. The monoisotopic (exact) mass is 393 g/mol. The molecule has 6 N–H and O–H groups in total. The molecule has 0 bridgehead atoms. The highest BCUT2D eigenvalue weighted by molar-refractivity contribution is 8.13. The van der Waals surface area contributed by atoms with Crippen LogP contribution in [0.3, 0.4) is 0 Å². The zero-order chi connectivity index (χ0) is 20.3. The molecule has 0 aliphatic heterocycles.